The van der Waals surface area contributed by atoms with Crippen LogP contribution in [0.25, 0.3) is 0 Å². The van der Waals surface area contributed by atoms with Crippen LogP contribution in [0.4, 0.5) is 5.69 Å². The van der Waals surface area contributed by atoms with Gasteiger partial charge in [0.1, 0.15) is 0 Å². The summed E-state index contributed by atoms with van der Waals surface area (Å²) in [5.74, 6) is -0.192. The number of piperazine rings is 1. The largest absolute Gasteiger partial charge is 0.348 e. The van der Waals surface area contributed by atoms with E-state index >= 15 is 0 Å². The van der Waals surface area contributed by atoms with Crippen LogP contribution in [0.15, 0.2) is 53.4 Å². The minimum atomic E-state index is -4.00. The molecule has 1 amide bonds. The van der Waals surface area contributed by atoms with Gasteiger partial charge in [0.15, 0.2) is 4.90 Å². The van der Waals surface area contributed by atoms with Crippen molar-refractivity contribution in [2.24, 2.45) is 0 Å². The summed E-state index contributed by atoms with van der Waals surface area (Å²) in [5.41, 5.74) is 0.371. The van der Waals surface area contributed by atoms with E-state index in [1.54, 1.807) is 6.07 Å². The number of carbonyl (C=O) groups is 1. The molecule has 11 heteroatoms. The van der Waals surface area contributed by atoms with Crippen LogP contribution in [0.5, 0.6) is 0 Å². The van der Waals surface area contributed by atoms with Crippen LogP contribution in [-0.2, 0) is 14.8 Å². The lowest BCUT2D eigenvalue weighted by molar-refractivity contribution is -0.387. The van der Waals surface area contributed by atoms with Crippen LogP contribution in [0.2, 0.25) is 5.02 Å². The first-order valence-corrected chi connectivity index (χ1v) is 11.5. The third kappa shape index (κ3) is 5.40. The van der Waals surface area contributed by atoms with Gasteiger partial charge in [0.2, 0.25) is 15.9 Å². The lowest BCUT2D eigenvalue weighted by Crippen LogP contribution is -2.51. The van der Waals surface area contributed by atoms with E-state index in [0.29, 0.717) is 18.1 Å². The Kier molecular flexibility index (Phi) is 7.26. The quantitative estimate of drug-likeness (QED) is 0.495. The number of nitrogens with one attached hydrogen (secondary N) is 1. The smallest absolute Gasteiger partial charge is 0.289 e. The van der Waals surface area contributed by atoms with Crippen LogP contribution in [-0.4, -0.2) is 61.2 Å². The molecular formula is C20H23ClN4O5S. The van der Waals surface area contributed by atoms with Gasteiger partial charge in [-0.05, 0) is 24.6 Å². The number of hydrogen-bond acceptors (Lipinski definition) is 6. The maximum atomic E-state index is 12.9. The van der Waals surface area contributed by atoms with Crippen molar-refractivity contribution in [3.63, 3.8) is 0 Å². The number of halogens is 1. The second-order valence-electron chi connectivity index (χ2n) is 7.22. The van der Waals surface area contributed by atoms with Crippen molar-refractivity contribution in [2.75, 3.05) is 32.7 Å². The number of rotatable bonds is 7. The van der Waals surface area contributed by atoms with Crippen molar-refractivity contribution >= 4 is 33.2 Å². The van der Waals surface area contributed by atoms with Gasteiger partial charge in [-0.1, -0.05) is 41.9 Å². The van der Waals surface area contributed by atoms with E-state index in [9.17, 15) is 23.3 Å². The van der Waals surface area contributed by atoms with Gasteiger partial charge in [-0.25, -0.2) is 8.42 Å². The number of sulfonamides is 1. The molecule has 3 rings (SSSR count). The molecule has 2 aromatic carbocycles. The number of nitro benzene ring substituents is 1. The highest BCUT2D eigenvalue weighted by Crippen LogP contribution is 2.27. The Morgan fingerprint density at radius 3 is 2.39 bits per heavy atom. The summed E-state index contributed by atoms with van der Waals surface area (Å²) in [6.45, 7) is 2.93. The van der Waals surface area contributed by atoms with Crippen molar-refractivity contribution in [3.05, 3.63) is 69.2 Å². The Labute approximate surface area is 185 Å². The Morgan fingerprint density at radius 2 is 1.74 bits per heavy atom. The van der Waals surface area contributed by atoms with E-state index in [2.05, 4.69) is 5.32 Å². The molecule has 1 saturated heterocycles. The van der Waals surface area contributed by atoms with Gasteiger partial charge in [0.25, 0.3) is 5.69 Å². The number of nitrogens with zero attached hydrogens (tertiary/aromatic N) is 3. The zero-order valence-electron chi connectivity index (χ0n) is 16.9. The van der Waals surface area contributed by atoms with E-state index in [0.717, 1.165) is 5.56 Å². The molecule has 0 bridgehead atoms. The van der Waals surface area contributed by atoms with Crippen LogP contribution >= 0.6 is 11.6 Å². The zero-order chi connectivity index (χ0) is 22.6. The van der Waals surface area contributed by atoms with Crippen molar-refractivity contribution < 1.29 is 18.1 Å². The number of carbonyl (C=O) groups excluding carboxylic acids is 1. The fraction of sp³-hybridized carbons (Fsp3) is 0.350. The highest BCUT2D eigenvalue weighted by molar-refractivity contribution is 7.89. The molecule has 31 heavy (non-hydrogen) atoms. The minimum Gasteiger partial charge on any atom is -0.348 e. The van der Waals surface area contributed by atoms with E-state index in [-0.39, 0.29) is 36.5 Å². The molecule has 0 aromatic heterocycles. The molecule has 1 atom stereocenters. The van der Waals surface area contributed by atoms with Gasteiger partial charge in [-0.2, -0.15) is 4.31 Å². The molecule has 0 radical (unpaired) electrons. The molecule has 0 spiro atoms. The van der Waals surface area contributed by atoms with Gasteiger partial charge in [-0.3, -0.25) is 19.8 Å². The van der Waals surface area contributed by atoms with Crippen molar-refractivity contribution in [1.82, 2.24) is 14.5 Å². The second-order valence-corrected chi connectivity index (χ2v) is 9.53. The van der Waals surface area contributed by atoms with E-state index in [1.807, 2.05) is 30.0 Å². The molecule has 1 aliphatic rings. The first-order valence-electron chi connectivity index (χ1n) is 9.70. The Morgan fingerprint density at radius 1 is 1.13 bits per heavy atom. The second kappa shape index (κ2) is 9.73. The maximum absolute atomic E-state index is 12.9. The standard InChI is InChI=1S/C20H23ClN4O5S/c1-15(16-6-2-3-7-17(16)21)22-20(26)14-23-10-12-24(13-11-23)31(29,30)19-9-5-4-8-18(19)25(27)28/h2-9,15H,10-14H2,1H3,(H,22,26). The molecule has 0 saturated carbocycles. The summed E-state index contributed by atoms with van der Waals surface area (Å²) >= 11 is 6.17. The van der Waals surface area contributed by atoms with Crippen molar-refractivity contribution in [3.8, 4) is 0 Å². The highest BCUT2D eigenvalue weighted by Gasteiger charge is 2.33. The number of nitro groups is 1. The molecule has 1 unspecified atom stereocenters. The molecule has 1 heterocycles. The number of para-hydroxylation sites is 1. The van der Waals surface area contributed by atoms with Gasteiger partial charge in [0, 0.05) is 37.3 Å². The molecule has 166 valence electrons. The minimum absolute atomic E-state index is 0.119. The lowest BCUT2D eigenvalue weighted by atomic mass is 10.1. The fourth-order valence-electron chi connectivity index (χ4n) is 3.49. The fourth-order valence-corrected chi connectivity index (χ4v) is 5.37. The first kappa shape index (κ1) is 23.1. The maximum Gasteiger partial charge on any atom is 0.289 e. The average molecular weight is 467 g/mol. The third-order valence-electron chi connectivity index (χ3n) is 5.13. The SMILES string of the molecule is CC(NC(=O)CN1CCN(S(=O)(=O)c2ccccc2[N+](=O)[O-])CC1)c1ccccc1Cl. The molecule has 2 aromatic rings. The average Bonchev–Trinajstić information content (AvgIpc) is 2.74. The predicted molar refractivity (Wildman–Crippen MR) is 116 cm³/mol. The lowest BCUT2D eigenvalue weighted by Gasteiger charge is -2.33. The van der Waals surface area contributed by atoms with Gasteiger partial charge in [-0.15, -0.1) is 0 Å². The first-order chi connectivity index (χ1) is 14.7. The van der Waals surface area contributed by atoms with Crippen LogP contribution in [0.3, 0.4) is 0 Å². The summed E-state index contributed by atoms with van der Waals surface area (Å²) in [6, 6.07) is 12.3. The Bertz CT molecular complexity index is 1070. The molecular weight excluding hydrogens is 444 g/mol. The molecule has 1 N–H and O–H groups in total. The van der Waals surface area contributed by atoms with Crippen molar-refractivity contribution in [2.45, 2.75) is 17.9 Å². The zero-order valence-corrected chi connectivity index (χ0v) is 18.5. The van der Waals surface area contributed by atoms with E-state index in [4.69, 9.17) is 11.6 Å². The van der Waals surface area contributed by atoms with Gasteiger partial charge in [0.05, 0.1) is 17.5 Å². The monoisotopic (exact) mass is 466 g/mol. The van der Waals surface area contributed by atoms with Gasteiger partial charge < -0.3 is 5.32 Å². The Balaban J connectivity index is 1.58. The summed E-state index contributed by atoms with van der Waals surface area (Å²) in [6.07, 6.45) is 0. The molecule has 9 nitrogen and oxygen atoms in total. The third-order valence-corrected chi connectivity index (χ3v) is 7.42. The highest BCUT2D eigenvalue weighted by atomic mass is 35.5. The summed E-state index contributed by atoms with van der Waals surface area (Å²) in [7, 11) is -4.00. The molecule has 1 fully saturated rings. The Hall–Kier alpha value is -2.53. The van der Waals surface area contributed by atoms with Crippen LogP contribution in [0.1, 0.15) is 18.5 Å². The molecule has 0 aliphatic carbocycles. The van der Waals surface area contributed by atoms with Crippen LogP contribution in [0, 0.1) is 10.1 Å². The summed E-state index contributed by atoms with van der Waals surface area (Å²) in [5, 5.41) is 14.7. The topological polar surface area (TPSA) is 113 Å². The predicted octanol–water partition coefficient (Wildman–Crippen LogP) is 2.43. The number of hydrogen-bond donors (Lipinski definition) is 1. The van der Waals surface area contributed by atoms with Crippen LogP contribution < -0.4 is 5.32 Å². The van der Waals surface area contributed by atoms with Gasteiger partial charge >= 0.3 is 0 Å². The number of benzene rings is 2. The summed E-state index contributed by atoms with van der Waals surface area (Å²) < 4.78 is 27.0. The van der Waals surface area contributed by atoms with E-state index < -0.39 is 20.6 Å². The summed E-state index contributed by atoms with van der Waals surface area (Å²) in [4.78, 5) is 24.4. The van der Waals surface area contributed by atoms with Crippen molar-refractivity contribution in [1.29, 1.82) is 0 Å². The van der Waals surface area contributed by atoms with E-state index in [1.165, 1.54) is 28.6 Å². The molecule has 1 aliphatic heterocycles. The number of amides is 1. The normalized spacial score (nSPS) is 16.6.